The van der Waals surface area contributed by atoms with E-state index in [4.69, 9.17) is 4.74 Å². The van der Waals surface area contributed by atoms with Crippen molar-refractivity contribution in [2.45, 2.75) is 13.5 Å². The molecule has 1 aliphatic heterocycles. The van der Waals surface area contributed by atoms with Gasteiger partial charge >= 0.3 is 0 Å². The lowest BCUT2D eigenvalue weighted by Gasteiger charge is -2.12. The highest BCUT2D eigenvalue weighted by Crippen LogP contribution is 2.38. The van der Waals surface area contributed by atoms with Crippen molar-refractivity contribution >= 4 is 44.9 Å². The number of hydrogen-bond acceptors (Lipinski definition) is 5. The van der Waals surface area contributed by atoms with E-state index in [1.165, 1.54) is 11.0 Å². The summed E-state index contributed by atoms with van der Waals surface area (Å²) in [7, 11) is 0. The predicted molar refractivity (Wildman–Crippen MR) is 105 cm³/mol. The van der Waals surface area contributed by atoms with Gasteiger partial charge in [-0.3, -0.25) is 14.5 Å². The number of carbonyl (C=O) groups is 2. The number of carbonyl (C=O) groups excluding carboxylic acids is 2. The summed E-state index contributed by atoms with van der Waals surface area (Å²) in [4.78, 5) is 26.4. The third kappa shape index (κ3) is 3.94. The third-order valence-corrected chi connectivity index (χ3v) is 5.32. The van der Waals surface area contributed by atoms with Crippen LogP contribution in [0.4, 0.5) is 4.79 Å². The van der Waals surface area contributed by atoms with E-state index in [9.17, 15) is 14.7 Å². The third-order valence-electron chi connectivity index (χ3n) is 3.72. The highest BCUT2D eigenvalue weighted by atomic mass is 79.9. The molecule has 0 spiro atoms. The molecule has 5 nitrogen and oxygen atoms in total. The van der Waals surface area contributed by atoms with Crippen LogP contribution in [-0.2, 0) is 11.3 Å². The Morgan fingerprint density at radius 3 is 2.65 bits per heavy atom. The fraction of sp³-hybridized carbons (Fsp3) is 0.158. The molecule has 2 aromatic carbocycles. The van der Waals surface area contributed by atoms with Gasteiger partial charge in [0.25, 0.3) is 11.1 Å². The normalized spacial score (nSPS) is 15.8. The van der Waals surface area contributed by atoms with Crippen LogP contribution in [0.1, 0.15) is 18.1 Å². The highest BCUT2D eigenvalue weighted by molar-refractivity contribution is 9.10. The molecule has 1 fully saturated rings. The smallest absolute Gasteiger partial charge is 0.293 e. The van der Waals surface area contributed by atoms with Crippen LogP contribution in [-0.4, -0.2) is 27.8 Å². The molecule has 2 aromatic rings. The van der Waals surface area contributed by atoms with Gasteiger partial charge in [0, 0.05) is 4.47 Å². The van der Waals surface area contributed by atoms with Crippen LogP contribution in [0.2, 0.25) is 0 Å². The zero-order valence-electron chi connectivity index (χ0n) is 13.9. The Bertz CT molecular complexity index is 883. The van der Waals surface area contributed by atoms with Crippen molar-refractivity contribution in [3.63, 3.8) is 0 Å². The first-order valence-corrected chi connectivity index (χ1v) is 9.55. The van der Waals surface area contributed by atoms with Crippen LogP contribution in [0.5, 0.6) is 11.5 Å². The molecule has 3 rings (SSSR count). The number of halogens is 1. The van der Waals surface area contributed by atoms with Crippen molar-refractivity contribution < 1.29 is 19.4 Å². The number of phenols is 1. The van der Waals surface area contributed by atoms with Crippen molar-refractivity contribution in [1.82, 2.24) is 4.90 Å². The average molecular weight is 434 g/mol. The Kier molecular flexibility index (Phi) is 5.68. The van der Waals surface area contributed by atoms with E-state index in [-0.39, 0.29) is 23.4 Å². The molecule has 0 unspecified atom stereocenters. The molecule has 0 saturated carbocycles. The monoisotopic (exact) mass is 433 g/mol. The summed E-state index contributed by atoms with van der Waals surface area (Å²) in [6, 6.07) is 12.5. The minimum atomic E-state index is -0.332. The lowest BCUT2D eigenvalue weighted by molar-refractivity contribution is -0.123. The number of hydrogen-bond donors (Lipinski definition) is 1. The molecule has 26 heavy (non-hydrogen) atoms. The first-order chi connectivity index (χ1) is 12.5. The predicted octanol–water partition coefficient (Wildman–Crippen LogP) is 4.79. The Labute approximate surface area is 163 Å². The van der Waals surface area contributed by atoms with E-state index in [2.05, 4.69) is 15.9 Å². The molecule has 2 amide bonds. The average Bonchev–Trinajstić information content (AvgIpc) is 2.88. The number of ether oxygens (including phenoxy) is 1. The number of nitrogens with zero attached hydrogens (tertiary/aromatic N) is 1. The number of amides is 2. The number of rotatable bonds is 5. The van der Waals surface area contributed by atoms with Crippen molar-refractivity contribution in [3.8, 4) is 11.5 Å². The maximum Gasteiger partial charge on any atom is 0.293 e. The minimum absolute atomic E-state index is 0.00746. The van der Waals surface area contributed by atoms with Crippen LogP contribution in [0.3, 0.4) is 0 Å². The van der Waals surface area contributed by atoms with Gasteiger partial charge in [0.2, 0.25) is 0 Å². The standard InChI is InChI=1S/C19H16BrNO4S/c1-2-25-16-8-13(14(20)10-15(16)22)9-17-18(23)21(19(24)26-17)11-12-6-4-3-5-7-12/h3-10,22H,2,11H2,1H3/b17-9-. The summed E-state index contributed by atoms with van der Waals surface area (Å²) in [6.07, 6.45) is 1.63. The second-order valence-corrected chi connectivity index (χ2v) is 7.38. The molecule has 0 atom stereocenters. The number of imide groups is 1. The highest BCUT2D eigenvalue weighted by Gasteiger charge is 2.35. The number of thioether (sulfide) groups is 1. The van der Waals surface area contributed by atoms with Crippen molar-refractivity contribution in [2.24, 2.45) is 0 Å². The van der Waals surface area contributed by atoms with Crippen molar-refractivity contribution in [2.75, 3.05) is 6.61 Å². The molecule has 1 saturated heterocycles. The summed E-state index contributed by atoms with van der Waals surface area (Å²) < 4.78 is 5.98. The molecule has 0 aliphatic carbocycles. The summed E-state index contributed by atoms with van der Waals surface area (Å²) in [5.41, 5.74) is 1.54. The second-order valence-electron chi connectivity index (χ2n) is 5.53. The summed E-state index contributed by atoms with van der Waals surface area (Å²) in [5, 5.41) is 9.60. The van der Waals surface area contributed by atoms with E-state index >= 15 is 0 Å². The Balaban J connectivity index is 1.87. The lowest BCUT2D eigenvalue weighted by Crippen LogP contribution is -2.27. The topological polar surface area (TPSA) is 66.8 Å². The molecule has 0 aromatic heterocycles. The Hall–Kier alpha value is -2.25. The van der Waals surface area contributed by atoms with Gasteiger partial charge in [0.05, 0.1) is 18.1 Å². The van der Waals surface area contributed by atoms with Crippen LogP contribution in [0, 0.1) is 0 Å². The molecular weight excluding hydrogens is 418 g/mol. The van der Waals surface area contributed by atoms with Crippen molar-refractivity contribution in [1.29, 1.82) is 0 Å². The van der Waals surface area contributed by atoms with E-state index in [0.717, 1.165) is 17.3 Å². The number of phenolic OH excluding ortho intramolecular Hbond substituents is 1. The molecule has 0 radical (unpaired) electrons. The number of benzene rings is 2. The maximum absolute atomic E-state index is 12.6. The SMILES string of the molecule is CCOc1cc(/C=C2\SC(=O)N(Cc3ccccc3)C2=O)c(Br)cc1O. The fourth-order valence-corrected chi connectivity index (χ4v) is 3.76. The molecular formula is C19H16BrNO4S. The summed E-state index contributed by atoms with van der Waals surface area (Å²) >= 11 is 4.27. The Morgan fingerprint density at radius 2 is 1.96 bits per heavy atom. The Morgan fingerprint density at radius 1 is 1.23 bits per heavy atom. The molecule has 1 N–H and O–H groups in total. The first kappa shape index (κ1) is 18.5. The van der Waals surface area contributed by atoms with Crippen LogP contribution in [0.25, 0.3) is 6.08 Å². The quantitative estimate of drug-likeness (QED) is 0.686. The van der Waals surface area contributed by atoms with Crippen LogP contribution in [0.15, 0.2) is 51.8 Å². The van der Waals surface area contributed by atoms with Gasteiger partial charge in [-0.05, 0) is 48.0 Å². The molecule has 1 aliphatic rings. The zero-order chi connectivity index (χ0) is 18.7. The second kappa shape index (κ2) is 7.97. The van der Waals surface area contributed by atoms with Gasteiger partial charge < -0.3 is 9.84 Å². The molecule has 1 heterocycles. The zero-order valence-corrected chi connectivity index (χ0v) is 16.3. The largest absolute Gasteiger partial charge is 0.504 e. The van der Waals surface area contributed by atoms with E-state index < -0.39 is 0 Å². The van der Waals surface area contributed by atoms with Crippen LogP contribution < -0.4 is 4.74 Å². The minimum Gasteiger partial charge on any atom is -0.504 e. The van der Waals surface area contributed by atoms with Gasteiger partial charge in [-0.25, -0.2) is 0 Å². The van der Waals surface area contributed by atoms with Crippen molar-refractivity contribution in [3.05, 3.63) is 63.0 Å². The molecule has 7 heteroatoms. The molecule has 134 valence electrons. The summed E-state index contributed by atoms with van der Waals surface area (Å²) in [6.45, 7) is 2.46. The summed E-state index contributed by atoms with van der Waals surface area (Å²) in [5.74, 6) is 0.000286. The van der Waals surface area contributed by atoms with Gasteiger partial charge in [-0.1, -0.05) is 46.3 Å². The fourth-order valence-electron chi connectivity index (χ4n) is 2.48. The van der Waals surface area contributed by atoms with Gasteiger partial charge in [0.15, 0.2) is 11.5 Å². The first-order valence-electron chi connectivity index (χ1n) is 7.94. The van der Waals surface area contributed by atoms with E-state index in [1.807, 2.05) is 37.3 Å². The van der Waals surface area contributed by atoms with Crippen LogP contribution >= 0.6 is 27.7 Å². The van der Waals surface area contributed by atoms with E-state index in [1.54, 1.807) is 12.1 Å². The maximum atomic E-state index is 12.6. The van der Waals surface area contributed by atoms with Gasteiger partial charge in [0.1, 0.15) is 0 Å². The van der Waals surface area contributed by atoms with Gasteiger partial charge in [-0.2, -0.15) is 0 Å². The number of aromatic hydroxyl groups is 1. The molecule has 0 bridgehead atoms. The lowest BCUT2D eigenvalue weighted by atomic mass is 10.1. The van der Waals surface area contributed by atoms with Gasteiger partial charge in [-0.15, -0.1) is 0 Å². The van der Waals surface area contributed by atoms with E-state index in [0.29, 0.717) is 27.3 Å².